The summed E-state index contributed by atoms with van der Waals surface area (Å²) in [7, 11) is 0. The van der Waals surface area contributed by atoms with Gasteiger partial charge in [0.15, 0.2) is 11.5 Å². The maximum Gasteiger partial charge on any atom is 0.327 e. The number of rotatable bonds is 5. The first kappa shape index (κ1) is 24.2. The fourth-order valence-corrected chi connectivity index (χ4v) is 5.26. The molecule has 3 aromatic carbocycles. The number of halogens is 1. The molecule has 36 heavy (non-hydrogen) atoms. The predicted octanol–water partition coefficient (Wildman–Crippen LogP) is 3.78. The molecule has 8 heteroatoms. The van der Waals surface area contributed by atoms with E-state index in [1.54, 1.807) is 6.07 Å². The van der Waals surface area contributed by atoms with Crippen molar-refractivity contribution in [2.75, 3.05) is 33.0 Å². The van der Waals surface area contributed by atoms with Crippen molar-refractivity contribution in [3.05, 3.63) is 89.5 Å². The van der Waals surface area contributed by atoms with Crippen molar-refractivity contribution >= 4 is 24.3 Å². The number of carbonyl (C=O) groups is 2. The number of esters is 1. The van der Waals surface area contributed by atoms with E-state index in [0.717, 1.165) is 47.8 Å². The van der Waals surface area contributed by atoms with Gasteiger partial charge in [0.2, 0.25) is 12.7 Å². The van der Waals surface area contributed by atoms with Gasteiger partial charge in [-0.1, -0.05) is 54.6 Å². The second-order valence-corrected chi connectivity index (χ2v) is 9.18. The second-order valence-electron chi connectivity index (χ2n) is 9.18. The van der Waals surface area contributed by atoms with Crippen LogP contribution in [0.1, 0.15) is 23.1 Å². The number of ether oxygens (including phenoxy) is 3. The van der Waals surface area contributed by atoms with E-state index in [1.807, 2.05) is 65.6 Å². The van der Waals surface area contributed by atoms with Crippen LogP contribution >= 0.6 is 12.4 Å². The standard InChI is InChI=1S/C28H26N2O5.ClH/c31-26(30-14-12-29(13-15-30)18-20-10-11-24-25(16-20)34-19-33-24)17-28(21-6-2-1-3-7-21)22-8-4-5-9-23(22)35-27(28)32;/h1-11,16H,12-15,17-19H2;1H. The number of para-hydroxylation sites is 1. The zero-order valence-electron chi connectivity index (χ0n) is 19.7. The summed E-state index contributed by atoms with van der Waals surface area (Å²) in [6, 6.07) is 22.9. The number of benzene rings is 3. The summed E-state index contributed by atoms with van der Waals surface area (Å²) in [6.07, 6.45) is 0.0506. The van der Waals surface area contributed by atoms with Gasteiger partial charge in [-0.05, 0) is 29.3 Å². The molecule has 0 N–H and O–H groups in total. The van der Waals surface area contributed by atoms with E-state index in [4.69, 9.17) is 14.2 Å². The Morgan fingerprint density at radius 2 is 1.56 bits per heavy atom. The van der Waals surface area contributed by atoms with Gasteiger partial charge in [0.05, 0.1) is 6.42 Å². The monoisotopic (exact) mass is 506 g/mol. The lowest BCUT2D eigenvalue weighted by molar-refractivity contribution is -0.142. The summed E-state index contributed by atoms with van der Waals surface area (Å²) in [5, 5.41) is 0. The Morgan fingerprint density at radius 1 is 0.833 bits per heavy atom. The summed E-state index contributed by atoms with van der Waals surface area (Å²) in [5.41, 5.74) is 1.57. The molecule has 1 fully saturated rings. The SMILES string of the molecule is Cl.O=C(CC1(c2ccccc2)C(=O)Oc2ccccc21)N1CCN(Cc2ccc3c(c2)OCO3)CC1. The van der Waals surface area contributed by atoms with E-state index in [0.29, 0.717) is 18.8 Å². The molecule has 0 radical (unpaired) electrons. The van der Waals surface area contributed by atoms with Crippen LogP contribution in [0, 0.1) is 0 Å². The summed E-state index contributed by atoms with van der Waals surface area (Å²) >= 11 is 0. The lowest BCUT2D eigenvalue weighted by atomic mass is 9.72. The third kappa shape index (κ3) is 4.18. The van der Waals surface area contributed by atoms with E-state index < -0.39 is 5.41 Å². The zero-order chi connectivity index (χ0) is 23.8. The molecule has 0 bridgehead atoms. The highest BCUT2D eigenvalue weighted by Gasteiger charge is 2.52. The van der Waals surface area contributed by atoms with E-state index in [1.165, 1.54) is 0 Å². The third-order valence-corrected chi connectivity index (χ3v) is 7.15. The average molecular weight is 507 g/mol. The van der Waals surface area contributed by atoms with Crippen LogP contribution in [-0.2, 0) is 21.5 Å². The minimum atomic E-state index is -1.13. The van der Waals surface area contributed by atoms with Crippen molar-refractivity contribution in [2.24, 2.45) is 0 Å². The molecule has 0 spiro atoms. The normalized spacial score (nSPS) is 20.4. The topological polar surface area (TPSA) is 68.3 Å². The Bertz CT molecular complexity index is 1280. The van der Waals surface area contributed by atoms with Crippen LogP contribution in [0.3, 0.4) is 0 Å². The van der Waals surface area contributed by atoms with Gasteiger partial charge in [-0.25, -0.2) is 0 Å². The summed E-state index contributed by atoms with van der Waals surface area (Å²) in [4.78, 5) is 31.0. The summed E-state index contributed by atoms with van der Waals surface area (Å²) in [5.74, 6) is 1.67. The second kappa shape index (κ2) is 9.84. The number of nitrogens with zero attached hydrogens (tertiary/aromatic N) is 2. The molecular formula is C28H27ClN2O5. The highest BCUT2D eigenvalue weighted by molar-refractivity contribution is 5.98. The van der Waals surface area contributed by atoms with Gasteiger partial charge in [-0.3, -0.25) is 14.5 Å². The van der Waals surface area contributed by atoms with Gasteiger partial charge in [0, 0.05) is 38.3 Å². The number of hydrogen-bond acceptors (Lipinski definition) is 6. The maximum absolute atomic E-state index is 13.6. The quantitative estimate of drug-likeness (QED) is 0.387. The highest BCUT2D eigenvalue weighted by atomic mass is 35.5. The van der Waals surface area contributed by atoms with Crippen molar-refractivity contribution in [1.29, 1.82) is 0 Å². The van der Waals surface area contributed by atoms with Crippen molar-refractivity contribution < 1.29 is 23.8 Å². The summed E-state index contributed by atoms with van der Waals surface area (Å²) < 4.78 is 16.5. The van der Waals surface area contributed by atoms with Crippen LogP contribution in [0.4, 0.5) is 0 Å². The van der Waals surface area contributed by atoms with E-state index in [-0.39, 0.29) is 37.5 Å². The number of carbonyl (C=O) groups excluding carboxylic acids is 2. The van der Waals surface area contributed by atoms with Crippen molar-refractivity contribution in [2.45, 2.75) is 18.4 Å². The fraction of sp³-hybridized carbons (Fsp3) is 0.286. The Kier molecular flexibility index (Phi) is 6.60. The maximum atomic E-state index is 13.6. The Morgan fingerprint density at radius 3 is 2.36 bits per heavy atom. The molecule has 7 nitrogen and oxygen atoms in total. The smallest absolute Gasteiger partial charge is 0.327 e. The first-order valence-corrected chi connectivity index (χ1v) is 11.9. The molecule has 1 saturated heterocycles. The number of fused-ring (bicyclic) bond motifs is 2. The van der Waals surface area contributed by atoms with Gasteiger partial charge in [0.1, 0.15) is 11.2 Å². The molecule has 1 atom stereocenters. The van der Waals surface area contributed by atoms with E-state index >= 15 is 0 Å². The Labute approximate surface area is 216 Å². The number of hydrogen-bond donors (Lipinski definition) is 0. The Hall–Kier alpha value is -3.55. The predicted molar refractivity (Wildman–Crippen MR) is 136 cm³/mol. The molecule has 1 amide bonds. The number of amides is 1. The van der Waals surface area contributed by atoms with Crippen LogP contribution in [0.25, 0.3) is 0 Å². The molecule has 3 aromatic rings. The van der Waals surface area contributed by atoms with Crippen LogP contribution in [-0.4, -0.2) is 54.6 Å². The van der Waals surface area contributed by atoms with Crippen molar-refractivity contribution in [1.82, 2.24) is 9.80 Å². The van der Waals surface area contributed by atoms with Crippen LogP contribution < -0.4 is 14.2 Å². The molecule has 1 unspecified atom stereocenters. The lowest BCUT2D eigenvalue weighted by Crippen LogP contribution is -2.50. The molecule has 6 rings (SSSR count). The third-order valence-electron chi connectivity index (χ3n) is 7.15. The molecule has 0 aromatic heterocycles. The van der Waals surface area contributed by atoms with E-state index in [2.05, 4.69) is 11.0 Å². The van der Waals surface area contributed by atoms with Crippen molar-refractivity contribution in [3.8, 4) is 17.2 Å². The zero-order valence-corrected chi connectivity index (χ0v) is 20.5. The molecule has 0 saturated carbocycles. The van der Waals surface area contributed by atoms with Gasteiger partial charge in [0.25, 0.3) is 0 Å². The first-order valence-electron chi connectivity index (χ1n) is 11.9. The average Bonchev–Trinajstić information content (AvgIpc) is 3.47. The van der Waals surface area contributed by atoms with Gasteiger partial charge in [-0.15, -0.1) is 12.4 Å². The van der Waals surface area contributed by atoms with Crippen LogP contribution in [0.2, 0.25) is 0 Å². The lowest BCUT2D eigenvalue weighted by Gasteiger charge is -2.36. The largest absolute Gasteiger partial charge is 0.454 e. The van der Waals surface area contributed by atoms with Gasteiger partial charge < -0.3 is 19.1 Å². The molecule has 3 aliphatic heterocycles. The summed E-state index contributed by atoms with van der Waals surface area (Å²) in [6.45, 7) is 3.81. The Balaban J connectivity index is 0.00000267. The number of piperazine rings is 1. The van der Waals surface area contributed by atoms with Crippen molar-refractivity contribution in [3.63, 3.8) is 0 Å². The molecule has 186 valence electrons. The van der Waals surface area contributed by atoms with E-state index in [9.17, 15) is 9.59 Å². The first-order chi connectivity index (χ1) is 17.1. The minimum absolute atomic E-state index is 0. The van der Waals surface area contributed by atoms with Crippen LogP contribution in [0.15, 0.2) is 72.8 Å². The van der Waals surface area contributed by atoms with Crippen LogP contribution in [0.5, 0.6) is 17.2 Å². The molecular weight excluding hydrogens is 480 g/mol. The molecule has 3 heterocycles. The molecule has 0 aliphatic carbocycles. The van der Waals surface area contributed by atoms with Gasteiger partial charge >= 0.3 is 5.97 Å². The fourth-order valence-electron chi connectivity index (χ4n) is 5.26. The van der Waals surface area contributed by atoms with Gasteiger partial charge in [-0.2, -0.15) is 0 Å². The minimum Gasteiger partial charge on any atom is -0.454 e. The molecule has 3 aliphatic rings. The highest BCUT2D eigenvalue weighted by Crippen LogP contribution is 2.47.